The lowest BCUT2D eigenvalue weighted by atomic mass is 9.97. The van der Waals surface area contributed by atoms with Gasteiger partial charge in [-0.15, -0.1) is 0 Å². The van der Waals surface area contributed by atoms with Gasteiger partial charge in [0.25, 0.3) is 0 Å². The van der Waals surface area contributed by atoms with Gasteiger partial charge in [-0.3, -0.25) is 4.79 Å². The summed E-state index contributed by atoms with van der Waals surface area (Å²) in [5.41, 5.74) is 3.41. The molecule has 2 nitrogen and oxygen atoms in total. The highest BCUT2D eigenvalue weighted by atomic mass is 79.9. The molecule has 19 heavy (non-hydrogen) atoms. The Morgan fingerprint density at radius 3 is 2.42 bits per heavy atom. The Kier molecular flexibility index (Phi) is 4.05. The van der Waals surface area contributed by atoms with Crippen molar-refractivity contribution in [2.45, 2.75) is 13.8 Å². The zero-order chi connectivity index (χ0) is 14.0. The minimum atomic E-state index is -0.0179. The van der Waals surface area contributed by atoms with Crippen LogP contribution >= 0.6 is 15.9 Å². The summed E-state index contributed by atoms with van der Waals surface area (Å²) in [5.74, 6) is 0.573. The zero-order valence-corrected chi connectivity index (χ0v) is 12.7. The molecule has 0 bridgehead atoms. The van der Waals surface area contributed by atoms with E-state index in [1.54, 1.807) is 19.2 Å². The van der Waals surface area contributed by atoms with Crippen LogP contribution in [-0.2, 0) is 0 Å². The lowest BCUT2D eigenvalue weighted by Gasteiger charge is -2.10. The van der Waals surface area contributed by atoms with Gasteiger partial charge in [-0.25, -0.2) is 0 Å². The smallest absolute Gasteiger partial charge is 0.197 e. The normalized spacial score (nSPS) is 10.3. The topological polar surface area (TPSA) is 26.3 Å². The molecule has 0 N–H and O–H groups in total. The van der Waals surface area contributed by atoms with Crippen molar-refractivity contribution < 1.29 is 9.53 Å². The molecule has 0 amide bonds. The van der Waals surface area contributed by atoms with Crippen LogP contribution in [0.3, 0.4) is 0 Å². The van der Waals surface area contributed by atoms with Crippen LogP contribution in [0.2, 0.25) is 0 Å². The van der Waals surface area contributed by atoms with Gasteiger partial charge in [0.15, 0.2) is 5.78 Å². The number of hydrogen-bond donors (Lipinski definition) is 0. The van der Waals surface area contributed by atoms with E-state index in [1.165, 1.54) is 0 Å². The maximum absolute atomic E-state index is 12.6. The average molecular weight is 319 g/mol. The SMILES string of the molecule is COc1ccc(Br)cc1C(=O)c1ccc(C)cc1C. The molecule has 0 aliphatic heterocycles. The molecular formula is C16H15BrO2. The van der Waals surface area contributed by atoms with Gasteiger partial charge in [0.05, 0.1) is 12.7 Å². The van der Waals surface area contributed by atoms with E-state index in [9.17, 15) is 4.79 Å². The second-order valence-electron chi connectivity index (χ2n) is 4.49. The molecule has 2 aromatic rings. The monoisotopic (exact) mass is 318 g/mol. The van der Waals surface area contributed by atoms with E-state index in [0.717, 1.165) is 15.6 Å². The molecule has 0 atom stereocenters. The van der Waals surface area contributed by atoms with Crippen molar-refractivity contribution in [3.8, 4) is 5.75 Å². The van der Waals surface area contributed by atoms with Gasteiger partial charge in [-0.1, -0.05) is 39.7 Å². The van der Waals surface area contributed by atoms with Gasteiger partial charge in [0.2, 0.25) is 0 Å². The van der Waals surface area contributed by atoms with Gasteiger partial charge < -0.3 is 4.74 Å². The number of ketones is 1. The Bertz CT molecular complexity index is 633. The number of methoxy groups -OCH3 is 1. The first-order valence-electron chi connectivity index (χ1n) is 5.98. The van der Waals surface area contributed by atoms with Gasteiger partial charge >= 0.3 is 0 Å². The fraction of sp³-hybridized carbons (Fsp3) is 0.188. The number of hydrogen-bond acceptors (Lipinski definition) is 2. The molecule has 98 valence electrons. The van der Waals surface area contributed by atoms with Crippen molar-refractivity contribution in [3.63, 3.8) is 0 Å². The van der Waals surface area contributed by atoms with Crippen molar-refractivity contribution in [1.82, 2.24) is 0 Å². The van der Waals surface area contributed by atoms with Crippen LogP contribution in [0.5, 0.6) is 5.75 Å². The molecule has 0 unspecified atom stereocenters. The van der Waals surface area contributed by atoms with Crippen molar-refractivity contribution in [1.29, 1.82) is 0 Å². The number of benzene rings is 2. The number of rotatable bonds is 3. The minimum Gasteiger partial charge on any atom is -0.496 e. The second-order valence-corrected chi connectivity index (χ2v) is 5.41. The van der Waals surface area contributed by atoms with E-state index in [2.05, 4.69) is 15.9 Å². The van der Waals surface area contributed by atoms with Crippen LogP contribution in [0.25, 0.3) is 0 Å². The Morgan fingerprint density at radius 2 is 1.79 bits per heavy atom. The van der Waals surface area contributed by atoms with E-state index in [0.29, 0.717) is 16.9 Å². The molecule has 0 heterocycles. The first-order chi connectivity index (χ1) is 9.02. The minimum absolute atomic E-state index is 0.0179. The maximum Gasteiger partial charge on any atom is 0.197 e. The number of carbonyl (C=O) groups is 1. The Labute approximate surface area is 121 Å². The van der Waals surface area contributed by atoms with Crippen LogP contribution in [0.15, 0.2) is 40.9 Å². The molecule has 0 radical (unpaired) electrons. The third-order valence-corrected chi connectivity index (χ3v) is 3.53. The second kappa shape index (κ2) is 5.57. The largest absolute Gasteiger partial charge is 0.496 e. The van der Waals surface area contributed by atoms with Gasteiger partial charge in [-0.05, 0) is 37.6 Å². The van der Waals surface area contributed by atoms with Crippen molar-refractivity contribution in [2.75, 3.05) is 7.11 Å². The summed E-state index contributed by atoms with van der Waals surface area (Å²) in [7, 11) is 1.57. The summed E-state index contributed by atoms with van der Waals surface area (Å²) in [6, 6.07) is 11.3. The summed E-state index contributed by atoms with van der Waals surface area (Å²) in [6.07, 6.45) is 0. The van der Waals surface area contributed by atoms with Crippen LogP contribution < -0.4 is 4.74 Å². The molecule has 0 spiro atoms. The molecule has 2 aromatic carbocycles. The molecule has 0 saturated carbocycles. The summed E-state index contributed by atoms with van der Waals surface area (Å²) >= 11 is 3.39. The summed E-state index contributed by atoms with van der Waals surface area (Å²) in [4.78, 5) is 12.6. The number of ether oxygens (including phenoxy) is 1. The van der Waals surface area contributed by atoms with E-state index < -0.39 is 0 Å². The average Bonchev–Trinajstić information content (AvgIpc) is 2.38. The molecular weight excluding hydrogens is 304 g/mol. The predicted octanol–water partition coefficient (Wildman–Crippen LogP) is 4.31. The fourth-order valence-corrected chi connectivity index (χ4v) is 2.43. The standard InChI is InChI=1S/C16H15BrO2/c1-10-4-6-13(11(2)8-10)16(18)14-9-12(17)5-7-15(14)19-3/h4-9H,1-3H3. The summed E-state index contributed by atoms with van der Waals surface area (Å²) in [6.45, 7) is 3.96. The molecule has 0 aromatic heterocycles. The first-order valence-corrected chi connectivity index (χ1v) is 6.77. The molecule has 3 heteroatoms. The molecule has 0 aliphatic rings. The summed E-state index contributed by atoms with van der Waals surface area (Å²) in [5, 5.41) is 0. The van der Waals surface area contributed by atoms with E-state index in [-0.39, 0.29) is 5.78 Å². The molecule has 0 aliphatic carbocycles. The Balaban J connectivity index is 2.52. The Hall–Kier alpha value is -1.61. The molecule has 2 rings (SSSR count). The third kappa shape index (κ3) is 2.87. The zero-order valence-electron chi connectivity index (χ0n) is 11.2. The van der Waals surface area contributed by atoms with Gasteiger partial charge in [0, 0.05) is 10.0 Å². The van der Waals surface area contributed by atoms with E-state index in [1.807, 2.05) is 38.1 Å². The van der Waals surface area contributed by atoms with E-state index >= 15 is 0 Å². The number of aryl methyl sites for hydroxylation is 2. The van der Waals surface area contributed by atoms with Crippen LogP contribution in [-0.4, -0.2) is 12.9 Å². The highest BCUT2D eigenvalue weighted by Crippen LogP contribution is 2.26. The van der Waals surface area contributed by atoms with Crippen LogP contribution in [0.1, 0.15) is 27.0 Å². The summed E-state index contributed by atoms with van der Waals surface area (Å²) < 4.78 is 6.13. The van der Waals surface area contributed by atoms with Crippen LogP contribution in [0, 0.1) is 13.8 Å². The van der Waals surface area contributed by atoms with Crippen molar-refractivity contribution in [3.05, 3.63) is 63.1 Å². The van der Waals surface area contributed by atoms with Gasteiger partial charge in [-0.2, -0.15) is 0 Å². The lowest BCUT2D eigenvalue weighted by molar-refractivity contribution is 0.103. The highest BCUT2D eigenvalue weighted by molar-refractivity contribution is 9.10. The van der Waals surface area contributed by atoms with Gasteiger partial charge in [0.1, 0.15) is 5.75 Å². The molecule has 0 saturated heterocycles. The maximum atomic E-state index is 12.6. The third-order valence-electron chi connectivity index (χ3n) is 3.03. The predicted molar refractivity (Wildman–Crippen MR) is 80.0 cm³/mol. The van der Waals surface area contributed by atoms with Crippen molar-refractivity contribution >= 4 is 21.7 Å². The first kappa shape index (κ1) is 13.8. The quantitative estimate of drug-likeness (QED) is 0.788. The molecule has 0 fully saturated rings. The Morgan fingerprint density at radius 1 is 1.05 bits per heavy atom. The van der Waals surface area contributed by atoms with E-state index in [4.69, 9.17) is 4.74 Å². The fourth-order valence-electron chi connectivity index (χ4n) is 2.07. The lowest BCUT2D eigenvalue weighted by Crippen LogP contribution is -2.06. The number of carbonyl (C=O) groups excluding carboxylic acids is 1. The highest BCUT2D eigenvalue weighted by Gasteiger charge is 2.16. The number of halogens is 1. The van der Waals surface area contributed by atoms with Crippen molar-refractivity contribution in [2.24, 2.45) is 0 Å². The van der Waals surface area contributed by atoms with Crippen LogP contribution in [0.4, 0.5) is 0 Å².